The number of carbonyl (C=O) groups excluding carboxylic acids is 2. The maximum Gasteiger partial charge on any atom is 0.249 e. The average molecular weight is 469 g/mol. The topological polar surface area (TPSA) is 119 Å². The van der Waals surface area contributed by atoms with Gasteiger partial charge in [-0.3, -0.25) is 9.59 Å². The Hall–Kier alpha value is -3.50. The van der Waals surface area contributed by atoms with Crippen molar-refractivity contribution >= 4 is 27.7 Å². The summed E-state index contributed by atoms with van der Waals surface area (Å²) in [5.41, 5.74) is 2.88. The standard InChI is InChI=1S/C23H24N4O5S/c1-14-7-8-17(22-15(2)26-27-21(29)10-9-20(28)25-23(22)27)12-19(14)33(30,31)24-13-16-5-4-6-18(11-16)32-3/h4-8,11-12,24H,9-10,13H2,1-3H3,(H,25,28). The minimum absolute atomic E-state index is 0.0567. The summed E-state index contributed by atoms with van der Waals surface area (Å²) in [5.74, 6) is 0.316. The molecule has 0 bridgehead atoms. The molecular weight excluding hydrogens is 444 g/mol. The molecule has 0 saturated heterocycles. The first kappa shape index (κ1) is 22.7. The minimum Gasteiger partial charge on any atom is -0.497 e. The van der Waals surface area contributed by atoms with Crippen LogP contribution in [0.5, 0.6) is 5.75 Å². The molecule has 0 radical (unpaired) electrons. The Morgan fingerprint density at radius 1 is 1.12 bits per heavy atom. The lowest BCUT2D eigenvalue weighted by Gasteiger charge is -2.13. The molecule has 0 saturated carbocycles. The van der Waals surface area contributed by atoms with E-state index in [1.54, 1.807) is 57.4 Å². The Morgan fingerprint density at radius 3 is 2.67 bits per heavy atom. The molecule has 0 unspecified atom stereocenters. The fourth-order valence-electron chi connectivity index (χ4n) is 3.77. The second-order valence-electron chi connectivity index (χ2n) is 7.82. The van der Waals surface area contributed by atoms with E-state index in [0.717, 1.165) is 5.56 Å². The highest BCUT2D eigenvalue weighted by atomic mass is 32.2. The van der Waals surface area contributed by atoms with Gasteiger partial charge in [-0.1, -0.05) is 24.3 Å². The summed E-state index contributed by atoms with van der Waals surface area (Å²) in [6.07, 6.45) is 0.128. The van der Waals surface area contributed by atoms with E-state index in [-0.39, 0.29) is 41.9 Å². The quantitative estimate of drug-likeness (QED) is 0.574. The maximum absolute atomic E-state index is 13.1. The highest BCUT2D eigenvalue weighted by molar-refractivity contribution is 7.89. The number of rotatable bonds is 6. The van der Waals surface area contributed by atoms with Crippen LogP contribution in [0.4, 0.5) is 5.82 Å². The molecule has 2 aromatic carbocycles. The van der Waals surface area contributed by atoms with Crippen LogP contribution in [0, 0.1) is 13.8 Å². The Morgan fingerprint density at radius 2 is 1.91 bits per heavy atom. The molecule has 9 nitrogen and oxygen atoms in total. The number of hydrogen-bond donors (Lipinski definition) is 2. The summed E-state index contributed by atoms with van der Waals surface area (Å²) in [5, 5.41) is 7.02. The van der Waals surface area contributed by atoms with Crippen molar-refractivity contribution in [3.05, 3.63) is 59.3 Å². The van der Waals surface area contributed by atoms with Gasteiger partial charge in [-0.05, 0) is 48.7 Å². The van der Waals surface area contributed by atoms with Gasteiger partial charge in [0.05, 0.1) is 17.7 Å². The lowest BCUT2D eigenvalue weighted by Crippen LogP contribution is -2.24. The largest absolute Gasteiger partial charge is 0.497 e. The van der Waals surface area contributed by atoms with Crippen molar-refractivity contribution in [3.8, 4) is 16.9 Å². The fraction of sp³-hybridized carbons (Fsp3) is 0.261. The molecule has 2 heterocycles. The molecule has 1 aromatic heterocycles. The molecule has 3 aromatic rings. The van der Waals surface area contributed by atoms with E-state index >= 15 is 0 Å². The number of aromatic nitrogens is 2. The summed E-state index contributed by atoms with van der Waals surface area (Å²) in [6, 6.07) is 12.1. The van der Waals surface area contributed by atoms with Crippen LogP contribution >= 0.6 is 0 Å². The first-order chi connectivity index (χ1) is 15.7. The number of methoxy groups -OCH3 is 1. The van der Waals surface area contributed by atoms with Gasteiger partial charge in [-0.2, -0.15) is 9.78 Å². The van der Waals surface area contributed by atoms with Crippen LogP contribution in [0.3, 0.4) is 0 Å². The minimum atomic E-state index is -3.86. The zero-order chi connectivity index (χ0) is 23.8. The van der Waals surface area contributed by atoms with E-state index in [0.29, 0.717) is 28.1 Å². The van der Waals surface area contributed by atoms with Crippen LogP contribution in [-0.2, 0) is 21.4 Å². The molecule has 4 rings (SSSR count). The number of nitrogens with one attached hydrogen (secondary N) is 2. The first-order valence-corrected chi connectivity index (χ1v) is 11.8. The first-order valence-electron chi connectivity index (χ1n) is 10.4. The average Bonchev–Trinajstić information content (AvgIpc) is 3.05. The third kappa shape index (κ3) is 4.53. The van der Waals surface area contributed by atoms with Crippen molar-refractivity contribution < 1.29 is 22.7 Å². The molecule has 33 heavy (non-hydrogen) atoms. The van der Waals surface area contributed by atoms with Crippen molar-refractivity contribution in [2.24, 2.45) is 0 Å². The SMILES string of the molecule is COc1cccc(CNS(=O)(=O)c2cc(-c3c(C)nn4c3NC(=O)CCC4=O)ccc2C)c1. The summed E-state index contributed by atoms with van der Waals surface area (Å²) in [4.78, 5) is 24.6. The van der Waals surface area contributed by atoms with Crippen LogP contribution in [0.2, 0.25) is 0 Å². The van der Waals surface area contributed by atoms with E-state index < -0.39 is 10.0 Å². The summed E-state index contributed by atoms with van der Waals surface area (Å²) in [7, 11) is -2.31. The van der Waals surface area contributed by atoms with E-state index in [4.69, 9.17) is 4.74 Å². The zero-order valence-corrected chi connectivity index (χ0v) is 19.3. The van der Waals surface area contributed by atoms with Gasteiger partial charge in [0.15, 0.2) is 0 Å². The maximum atomic E-state index is 13.1. The van der Waals surface area contributed by atoms with Crippen LogP contribution in [0.15, 0.2) is 47.4 Å². The Bertz CT molecular complexity index is 1360. The Kier molecular flexibility index (Phi) is 6.05. The Labute approximate surface area is 191 Å². The molecule has 0 aliphatic carbocycles. The molecule has 2 N–H and O–H groups in total. The number of carbonyl (C=O) groups is 2. The van der Waals surface area contributed by atoms with Crippen molar-refractivity contribution in [2.75, 3.05) is 12.4 Å². The highest BCUT2D eigenvalue weighted by Gasteiger charge is 2.27. The second kappa shape index (κ2) is 8.80. The summed E-state index contributed by atoms with van der Waals surface area (Å²) < 4.78 is 35.3. The van der Waals surface area contributed by atoms with E-state index in [1.807, 2.05) is 0 Å². The molecule has 10 heteroatoms. The molecule has 172 valence electrons. The molecule has 0 atom stereocenters. The fourth-order valence-corrected chi connectivity index (χ4v) is 5.06. The van der Waals surface area contributed by atoms with Crippen LogP contribution in [-0.4, -0.2) is 37.1 Å². The van der Waals surface area contributed by atoms with Crippen molar-refractivity contribution in [3.63, 3.8) is 0 Å². The van der Waals surface area contributed by atoms with Crippen LogP contribution in [0.1, 0.15) is 34.5 Å². The van der Waals surface area contributed by atoms with Gasteiger partial charge in [0.25, 0.3) is 0 Å². The number of benzene rings is 2. The van der Waals surface area contributed by atoms with Crippen molar-refractivity contribution in [2.45, 2.75) is 38.1 Å². The van der Waals surface area contributed by atoms with Gasteiger partial charge in [-0.15, -0.1) is 0 Å². The number of nitrogens with zero attached hydrogens (tertiary/aromatic N) is 2. The summed E-state index contributed by atoms with van der Waals surface area (Å²) in [6.45, 7) is 3.52. The monoisotopic (exact) mass is 468 g/mol. The van der Waals surface area contributed by atoms with Crippen molar-refractivity contribution in [1.29, 1.82) is 0 Å². The van der Waals surface area contributed by atoms with E-state index in [2.05, 4.69) is 15.1 Å². The van der Waals surface area contributed by atoms with E-state index in [1.165, 1.54) is 10.7 Å². The molecular formula is C23H24N4O5S. The molecule has 0 spiro atoms. The van der Waals surface area contributed by atoms with Crippen molar-refractivity contribution in [1.82, 2.24) is 14.5 Å². The third-order valence-electron chi connectivity index (χ3n) is 5.49. The molecule has 0 fully saturated rings. The van der Waals surface area contributed by atoms with Crippen LogP contribution in [0.25, 0.3) is 11.1 Å². The highest BCUT2D eigenvalue weighted by Crippen LogP contribution is 2.35. The third-order valence-corrected chi connectivity index (χ3v) is 7.03. The lowest BCUT2D eigenvalue weighted by molar-refractivity contribution is -0.116. The number of fused-ring (bicyclic) bond motifs is 1. The lowest BCUT2D eigenvalue weighted by atomic mass is 10.0. The van der Waals surface area contributed by atoms with E-state index in [9.17, 15) is 18.0 Å². The molecule has 1 amide bonds. The zero-order valence-electron chi connectivity index (χ0n) is 18.5. The summed E-state index contributed by atoms with van der Waals surface area (Å²) >= 11 is 0. The van der Waals surface area contributed by atoms with Gasteiger partial charge in [0.1, 0.15) is 11.6 Å². The van der Waals surface area contributed by atoms with Gasteiger partial charge in [0.2, 0.25) is 21.8 Å². The molecule has 1 aliphatic heterocycles. The smallest absolute Gasteiger partial charge is 0.249 e. The number of aryl methyl sites for hydroxylation is 2. The molecule has 1 aliphatic rings. The Balaban J connectivity index is 1.70. The van der Waals surface area contributed by atoms with Gasteiger partial charge in [-0.25, -0.2) is 13.1 Å². The number of ether oxygens (including phenoxy) is 1. The number of sulfonamides is 1. The number of amides is 1. The number of anilines is 1. The normalized spacial score (nSPS) is 13.9. The second-order valence-corrected chi connectivity index (χ2v) is 9.55. The predicted octanol–water partition coefficient (Wildman–Crippen LogP) is 3.03. The predicted molar refractivity (Wildman–Crippen MR) is 123 cm³/mol. The number of hydrogen-bond acceptors (Lipinski definition) is 6. The van der Waals surface area contributed by atoms with Gasteiger partial charge in [0, 0.05) is 24.9 Å². The van der Waals surface area contributed by atoms with Gasteiger partial charge < -0.3 is 10.1 Å². The van der Waals surface area contributed by atoms with Crippen LogP contribution < -0.4 is 14.8 Å². The van der Waals surface area contributed by atoms with Gasteiger partial charge >= 0.3 is 0 Å².